The predicted octanol–water partition coefficient (Wildman–Crippen LogP) is 1.35. The van der Waals surface area contributed by atoms with Gasteiger partial charge in [-0.1, -0.05) is 18.2 Å². The maximum absolute atomic E-state index is 10.3. The summed E-state index contributed by atoms with van der Waals surface area (Å²) in [7, 11) is 0. The Morgan fingerprint density at radius 1 is 1.60 bits per heavy atom. The van der Waals surface area contributed by atoms with Crippen LogP contribution >= 0.6 is 11.6 Å². The van der Waals surface area contributed by atoms with Crippen LogP contribution in [0.3, 0.4) is 0 Å². The molecule has 0 rings (SSSR count). The van der Waals surface area contributed by atoms with Gasteiger partial charge in [-0.2, -0.15) is 0 Å². The molecule has 0 fully saturated rings. The summed E-state index contributed by atoms with van der Waals surface area (Å²) in [5.41, 5.74) is 0. The molecule has 0 radical (unpaired) electrons. The van der Waals surface area contributed by atoms with Gasteiger partial charge in [0.15, 0.2) is 0 Å². The van der Waals surface area contributed by atoms with Crippen molar-refractivity contribution in [2.45, 2.75) is 6.42 Å². The number of carbonyl (C=O) groups is 2. The molecule has 0 aliphatic rings. The van der Waals surface area contributed by atoms with E-state index >= 15 is 0 Å². The minimum Gasteiger partial charge on any atom is -0.449 e. The lowest BCUT2D eigenvalue weighted by molar-refractivity contribution is -0.138. The van der Waals surface area contributed by atoms with Crippen molar-refractivity contribution >= 4 is 23.7 Å². The van der Waals surface area contributed by atoms with E-state index in [1.165, 1.54) is 0 Å². The average Bonchev–Trinajstić information content (AvgIpc) is 1.58. The molecule has 5 heteroatoms. The molecule has 56 valence electrons. The van der Waals surface area contributed by atoms with Crippen molar-refractivity contribution in [2.24, 2.45) is 0 Å². The van der Waals surface area contributed by atoms with Gasteiger partial charge in [-0.3, -0.25) is 4.79 Å². The molecule has 0 aromatic carbocycles. The van der Waals surface area contributed by atoms with E-state index in [1.807, 2.05) is 0 Å². The van der Waals surface area contributed by atoms with Gasteiger partial charge in [-0.25, -0.2) is 4.79 Å². The van der Waals surface area contributed by atoms with Crippen LogP contribution in [0.15, 0.2) is 11.6 Å². The number of ether oxygens (including phenoxy) is 1. The van der Waals surface area contributed by atoms with E-state index in [0.29, 0.717) is 0 Å². The van der Waals surface area contributed by atoms with Gasteiger partial charge in [0.2, 0.25) is 0 Å². The second kappa shape index (κ2) is 3.90. The number of carboxylic acid groups (broad SMARTS) is 1. The standard InChI is InChI=1S/C5H5ClO4/c1-3(6)2-4(7)10-5(8)9/h1-2H2,(H,8,9). The Morgan fingerprint density at radius 3 is 2.40 bits per heavy atom. The fourth-order valence-corrected chi connectivity index (χ4v) is 0.399. The largest absolute Gasteiger partial charge is 0.513 e. The van der Waals surface area contributed by atoms with Crippen LogP contribution in [-0.2, 0) is 9.53 Å². The third kappa shape index (κ3) is 5.11. The fraction of sp³-hybridized carbons (Fsp3) is 0.200. The Kier molecular flexibility index (Phi) is 3.49. The van der Waals surface area contributed by atoms with Gasteiger partial charge in [-0.05, 0) is 0 Å². The van der Waals surface area contributed by atoms with Crippen molar-refractivity contribution in [3.8, 4) is 0 Å². The van der Waals surface area contributed by atoms with Crippen LogP contribution in [0.1, 0.15) is 6.42 Å². The van der Waals surface area contributed by atoms with Gasteiger partial charge in [0.05, 0.1) is 6.42 Å². The first-order valence-electron chi connectivity index (χ1n) is 2.29. The van der Waals surface area contributed by atoms with Crippen molar-refractivity contribution in [2.75, 3.05) is 0 Å². The first kappa shape index (κ1) is 8.97. The summed E-state index contributed by atoms with van der Waals surface area (Å²) < 4.78 is 3.69. The Hall–Kier alpha value is -1.03. The second-order valence-electron chi connectivity index (χ2n) is 1.43. The van der Waals surface area contributed by atoms with Crippen molar-refractivity contribution in [1.29, 1.82) is 0 Å². The molecule has 0 aliphatic carbocycles. The Morgan fingerprint density at radius 2 is 2.10 bits per heavy atom. The van der Waals surface area contributed by atoms with E-state index in [1.54, 1.807) is 0 Å². The zero-order valence-electron chi connectivity index (χ0n) is 4.96. The second-order valence-corrected chi connectivity index (χ2v) is 1.97. The zero-order chi connectivity index (χ0) is 8.15. The summed E-state index contributed by atoms with van der Waals surface area (Å²) in [5, 5.41) is 7.93. The molecule has 0 spiro atoms. The topological polar surface area (TPSA) is 63.6 Å². The van der Waals surface area contributed by atoms with Gasteiger partial charge in [0, 0.05) is 5.03 Å². The first-order valence-corrected chi connectivity index (χ1v) is 2.67. The van der Waals surface area contributed by atoms with Gasteiger partial charge < -0.3 is 9.84 Å². The summed E-state index contributed by atoms with van der Waals surface area (Å²) in [6.45, 7) is 3.17. The molecule has 0 amide bonds. The maximum atomic E-state index is 10.3. The van der Waals surface area contributed by atoms with Crippen LogP contribution in [-0.4, -0.2) is 17.2 Å². The molecule has 0 saturated heterocycles. The van der Waals surface area contributed by atoms with Crippen molar-refractivity contribution < 1.29 is 19.4 Å². The molecule has 4 nitrogen and oxygen atoms in total. The molecule has 10 heavy (non-hydrogen) atoms. The fourth-order valence-electron chi connectivity index (χ4n) is 0.290. The number of hydrogen-bond donors (Lipinski definition) is 1. The molecule has 0 saturated carbocycles. The summed E-state index contributed by atoms with van der Waals surface area (Å²) in [6.07, 6.45) is -1.92. The number of halogens is 1. The Balaban J connectivity index is 3.65. The number of carbonyl (C=O) groups excluding carboxylic acids is 1. The minimum absolute atomic E-state index is 0.0475. The lowest BCUT2D eigenvalue weighted by Gasteiger charge is -1.94. The number of hydrogen-bond acceptors (Lipinski definition) is 3. The SMILES string of the molecule is C=C(Cl)CC(=O)OC(=O)O. The van der Waals surface area contributed by atoms with Crippen molar-refractivity contribution in [3.05, 3.63) is 11.6 Å². The molecule has 0 heterocycles. The number of rotatable bonds is 2. The van der Waals surface area contributed by atoms with E-state index in [9.17, 15) is 9.59 Å². The van der Waals surface area contributed by atoms with Gasteiger partial charge >= 0.3 is 12.1 Å². The molecule has 0 unspecified atom stereocenters. The monoisotopic (exact) mass is 164 g/mol. The minimum atomic E-state index is -1.64. The van der Waals surface area contributed by atoms with Crippen LogP contribution in [0.5, 0.6) is 0 Å². The highest BCUT2D eigenvalue weighted by atomic mass is 35.5. The molecular weight excluding hydrogens is 160 g/mol. The highest BCUT2D eigenvalue weighted by molar-refractivity contribution is 6.30. The molecule has 0 bridgehead atoms. The van der Waals surface area contributed by atoms with E-state index < -0.39 is 12.1 Å². The van der Waals surface area contributed by atoms with Crippen LogP contribution in [0.25, 0.3) is 0 Å². The average molecular weight is 165 g/mol. The Bertz CT molecular complexity index is 156. The summed E-state index contributed by atoms with van der Waals surface area (Å²) >= 11 is 5.17. The normalized spacial score (nSPS) is 8.50. The van der Waals surface area contributed by atoms with Gasteiger partial charge in [-0.15, -0.1) is 0 Å². The summed E-state index contributed by atoms with van der Waals surface area (Å²) in [4.78, 5) is 20.0. The lowest BCUT2D eigenvalue weighted by Crippen LogP contribution is -2.08. The maximum Gasteiger partial charge on any atom is 0.513 e. The van der Waals surface area contributed by atoms with E-state index in [-0.39, 0.29) is 11.5 Å². The smallest absolute Gasteiger partial charge is 0.449 e. The lowest BCUT2D eigenvalue weighted by atomic mass is 10.4. The summed E-state index contributed by atoms with van der Waals surface area (Å²) in [6, 6.07) is 0. The highest BCUT2D eigenvalue weighted by Gasteiger charge is 2.07. The quantitative estimate of drug-likeness (QED) is 0.494. The highest BCUT2D eigenvalue weighted by Crippen LogP contribution is 2.03. The van der Waals surface area contributed by atoms with Gasteiger partial charge in [0.25, 0.3) is 0 Å². The van der Waals surface area contributed by atoms with E-state index in [2.05, 4.69) is 11.3 Å². The van der Waals surface area contributed by atoms with Crippen molar-refractivity contribution in [1.82, 2.24) is 0 Å². The van der Waals surface area contributed by atoms with Gasteiger partial charge in [0.1, 0.15) is 0 Å². The molecule has 0 aromatic rings. The van der Waals surface area contributed by atoms with Crippen LogP contribution in [0, 0.1) is 0 Å². The van der Waals surface area contributed by atoms with E-state index in [4.69, 9.17) is 16.7 Å². The molecule has 0 aromatic heterocycles. The summed E-state index contributed by atoms with van der Waals surface area (Å²) in [5.74, 6) is -0.924. The third-order valence-corrected chi connectivity index (χ3v) is 0.671. The molecule has 0 atom stereocenters. The molecule has 1 N–H and O–H groups in total. The first-order chi connectivity index (χ1) is 4.52. The Labute approximate surface area is 62.0 Å². The predicted molar refractivity (Wildman–Crippen MR) is 33.7 cm³/mol. The third-order valence-electron chi connectivity index (χ3n) is 0.537. The van der Waals surface area contributed by atoms with Crippen LogP contribution < -0.4 is 0 Å². The molecular formula is C5H5ClO4. The zero-order valence-corrected chi connectivity index (χ0v) is 5.72. The van der Waals surface area contributed by atoms with Crippen LogP contribution in [0.4, 0.5) is 4.79 Å². The molecule has 0 aliphatic heterocycles. The van der Waals surface area contributed by atoms with E-state index in [0.717, 1.165) is 0 Å². The van der Waals surface area contributed by atoms with Crippen molar-refractivity contribution in [3.63, 3.8) is 0 Å². The number of esters is 1. The van der Waals surface area contributed by atoms with Crippen LogP contribution in [0.2, 0.25) is 0 Å².